The monoisotopic (exact) mass is 331 g/mol. The van der Waals surface area contributed by atoms with Crippen molar-refractivity contribution in [1.82, 2.24) is 0 Å². The summed E-state index contributed by atoms with van der Waals surface area (Å²) in [6, 6.07) is 4.96. The zero-order valence-corrected chi connectivity index (χ0v) is 13.5. The van der Waals surface area contributed by atoms with Gasteiger partial charge >= 0.3 is 5.97 Å². The lowest BCUT2D eigenvalue weighted by atomic mass is 10.1. The molecular weight excluding hydrogens is 314 g/mol. The molecule has 0 radical (unpaired) electrons. The number of anilines is 1. The summed E-state index contributed by atoms with van der Waals surface area (Å²) in [6.45, 7) is 1.84. The Morgan fingerprint density at radius 3 is 2.71 bits per heavy atom. The molecule has 0 spiro atoms. The number of nitrogens with one attached hydrogen (secondary N) is 1. The van der Waals surface area contributed by atoms with Gasteiger partial charge in [0.1, 0.15) is 0 Å². The van der Waals surface area contributed by atoms with E-state index in [2.05, 4.69) is 4.72 Å². The molecule has 0 saturated heterocycles. The third-order valence-corrected chi connectivity index (χ3v) is 6.08. The minimum atomic E-state index is -3.66. The second kappa shape index (κ2) is 6.23. The summed E-state index contributed by atoms with van der Waals surface area (Å²) in [7, 11) is -2.38. The highest BCUT2D eigenvalue weighted by molar-refractivity contribution is 7.93. The Hall–Kier alpha value is -1.27. The number of esters is 1. The van der Waals surface area contributed by atoms with Crippen LogP contribution in [0.5, 0.6) is 0 Å². The standard InChI is InChI=1S/C14H18ClNO4S/c1-9-6-7-10(8-12(9)15)16-21(18,19)13-5-3-4-11(13)14(17)20-2/h6-8,11,13,16H,3-5H2,1-2H3. The number of benzene rings is 1. The smallest absolute Gasteiger partial charge is 0.310 e. The summed E-state index contributed by atoms with van der Waals surface area (Å²) in [5.74, 6) is -1.07. The van der Waals surface area contributed by atoms with Gasteiger partial charge < -0.3 is 4.74 Å². The molecule has 21 heavy (non-hydrogen) atoms. The van der Waals surface area contributed by atoms with Gasteiger partial charge in [-0.25, -0.2) is 8.42 Å². The van der Waals surface area contributed by atoms with Crippen molar-refractivity contribution >= 4 is 33.3 Å². The maximum absolute atomic E-state index is 12.5. The second-order valence-electron chi connectivity index (χ2n) is 5.21. The minimum absolute atomic E-state index is 0.404. The highest BCUT2D eigenvalue weighted by atomic mass is 35.5. The number of ether oxygens (including phenoxy) is 1. The second-order valence-corrected chi connectivity index (χ2v) is 7.52. The van der Waals surface area contributed by atoms with Crippen LogP contribution >= 0.6 is 11.6 Å². The van der Waals surface area contributed by atoms with Crippen molar-refractivity contribution in [3.63, 3.8) is 0 Å². The maximum Gasteiger partial charge on any atom is 0.310 e. The zero-order chi connectivity index (χ0) is 15.6. The molecule has 0 amide bonds. The van der Waals surface area contributed by atoms with Crippen molar-refractivity contribution < 1.29 is 17.9 Å². The van der Waals surface area contributed by atoms with Crippen LogP contribution in [0.1, 0.15) is 24.8 Å². The molecule has 0 heterocycles. The van der Waals surface area contributed by atoms with E-state index in [0.717, 1.165) is 5.56 Å². The number of halogens is 1. The molecule has 1 aliphatic carbocycles. The van der Waals surface area contributed by atoms with Crippen LogP contribution in [-0.4, -0.2) is 26.7 Å². The Balaban J connectivity index is 2.21. The van der Waals surface area contributed by atoms with E-state index in [1.165, 1.54) is 7.11 Å². The van der Waals surface area contributed by atoms with Gasteiger partial charge in [0.05, 0.1) is 18.3 Å². The van der Waals surface area contributed by atoms with Crippen LogP contribution in [0.3, 0.4) is 0 Å². The molecule has 1 N–H and O–H groups in total. The number of carbonyl (C=O) groups is 1. The average molecular weight is 332 g/mol. The van der Waals surface area contributed by atoms with Gasteiger partial charge in [-0.05, 0) is 37.5 Å². The lowest BCUT2D eigenvalue weighted by molar-refractivity contribution is -0.145. The van der Waals surface area contributed by atoms with Gasteiger partial charge in [-0.2, -0.15) is 0 Å². The Kier molecular flexibility index (Phi) is 4.78. The summed E-state index contributed by atoms with van der Waals surface area (Å²) < 4.78 is 32.1. The molecule has 2 unspecified atom stereocenters. The molecule has 1 saturated carbocycles. The summed E-state index contributed by atoms with van der Waals surface area (Å²) in [5, 5.41) is -0.267. The number of rotatable bonds is 4. The SMILES string of the molecule is COC(=O)C1CCCC1S(=O)(=O)Nc1ccc(C)c(Cl)c1. The molecule has 0 aromatic heterocycles. The molecule has 5 nitrogen and oxygen atoms in total. The van der Waals surface area contributed by atoms with E-state index < -0.39 is 27.2 Å². The molecule has 1 aliphatic rings. The number of carbonyl (C=O) groups excluding carboxylic acids is 1. The Morgan fingerprint density at radius 1 is 1.38 bits per heavy atom. The van der Waals surface area contributed by atoms with E-state index in [1.807, 2.05) is 6.92 Å². The van der Waals surface area contributed by atoms with E-state index in [9.17, 15) is 13.2 Å². The summed E-state index contributed by atoms with van der Waals surface area (Å²) >= 11 is 5.99. The maximum atomic E-state index is 12.5. The first-order valence-corrected chi connectivity index (χ1v) is 8.63. The van der Waals surface area contributed by atoms with Gasteiger partial charge in [-0.3, -0.25) is 9.52 Å². The molecule has 1 aromatic rings. The van der Waals surface area contributed by atoms with Gasteiger partial charge in [0.15, 0.2) is 0 Å². The van der Waals surface area contributed by atoms with E-state index in [0.29, 0.717) is 30.0 Å². The van der Waals surface area contributed by atoms with Crippen LogP contribution < -0.4 is 4.72 Å². The quantitative estimate of drug-likeness (QED) is 0.861. The highest BCUT2D eigenvalue weighted by Crippen LogP contribution is 2.33. The molecule has 116 valence electrons. The average Bonchev–Trinajstić information content (AvgIpc) is 2.92. The van der Waals surface area contributed by atoms with E-state index in [1.54, 1.807) is 18.2 Å². The highest BCUT2D eigenvalue weighted by Gasteiger charge is 2.42. The predicted molar refractivity (Wildman–Crippen MR) is 81.9 cm³/mol. The Bertz CT molecular complexity index is 644. The molecule has 7 heteroatoms. The molecular formula is C14H18ClNO4S. The lowest BCUT2D eigenvalue weighted by Crippen LogP contribution is -2.35. The van der Waals surface area contributed by atoms with Gasteiger partial charge in [0.2, 0.25) is 10.0 Å². The first-order valence-electron chi connectivity index (χ1n) is 6.71. The van der Waals surface area contributed by atoms with Gasteiger partial charge in [0.25, 0.3) is 0 Å². The number of methoxy groups -OCH3 is 1. The van der Waals surface area contributed by atoms with Crippen molar-refractivity contribution in [1.29, 1.82) is 0 Å². The van der Waals surface area contributed by atoms with Crippen molar-refractivity contribution in [2.45, 2.75) is 31.4 Å². The van der Waals surface area contributed by atoms with Crippen LogP contribution in [0.25, 0.3) is 0 Å². The van der Waals surface area contributed by atoms with E-state index >= 15 is 0 Å². The summed E-state index contributed by atoms with van der Waals surface area (Å²) in [4.78, 5) is 11.7. The van der Waals surface area contributed by atoms with Crippen LogP contribution in [0.15, 0.2) is 18.2 Å². The molecule has 1 aromatic carbocycles. The van der Waals surface area contributed by atoms with Crippen molar-refractivity contribution in [2.75, 3.05) is 11.8 Å². The van der Waals surface area contributed by atoms with Crippen LogP contribution in [0.4, 0.5) is 5.69 Å². The van der Waals surface area contributed by atoms with Gasteiger partial charge in [0, 0.05) is 10.7 Å². The van der Waals surface area contributed by atoms with Crippen LogP contribution in [-0.2, 0) is 19.6 Å². The molecule has 1 fully saturated rings. The molecule has 0 aliphatic heterocycles. The molecule has 0 bridgehead atoms. The summed E-state index contributed by atoms with van der Waals surface area (Å²) in [6.07, 6.45) is 1.68. The van der Waals surface area contributed by atoms with Gasteiger partial charge in [-0.15, -0.1) is 0 Å². The Labute approximate surface area is 129 Å². The van der Waals surface area contributed by atoms with Crippen LogP contribution in [0, 0.1) is 12.8 Å². The predicted octanol–water partition coefficient (Wildman–Crippen LogP) is 2.73. The zero-order valence-electron chi connectivity index (χ0n) is 11.9. The first kappa shape index (κ1) is 16.1. The number of sulfonamides is 1. The fourth-order valence-electron chi connectivity index (χ4n) is 2.61. The number of hydrogen-bond donors (Lipinski definition) is 1. The van der Waals surface area contributed by atoms with E-state index in [-0.39, 0.29) is 0 Å². The fourth-order valence-corrected chi connectivity index (χ4v) is 4.56. The number of hydrogen-bond acceptors (Lipinski definition) is 4. The van der Waals surface area contributed by atoms with Gasteiger partial charge in [-0.1, -0.05) is 24.1 Å². The largest absolute Gasteiger partial charge is 0.469 e. The topological polar surface area (TPSA) is 72.5 Å². The fraction of sp³-hybridized carbons (Fsp3) is 0.500. The number of aryl methyl sites for hydroxylation is 1. The molecule has 2 atom stereocenters. The third kappa shape index (κ3) is 3.49. The van der Waals surface area contributed by atoms with Crippen LogP contribution in [0.2, 0.25) is 5.02 Å². The normalized spacial score (nSPS) is 22.0. The van der Waals surface area contributed by atoms with E-state index in [4.69, 9.17) is 16.3 Å². The lowest BCUT2D eigenvalue weighted by Gasteiger charge is -2.19. The summed E-state index contributed by atoms with van der Waals surface area (Å²) in [5.41, 5.74) is 1.27. The Morgan fingerprint density at radius 2 is 2.10 bits per heavy atom. The third-order valence-electron chi connectivity index (χ3n) is 3.79. The molecule has 2 rings (SSSR count). The minimum Gasteiger partial charge on any atom is -0.469 e. The van der Waals surface area contributed by atoms with Crippen molar-refractivity contribution in [3.05, 3.63) is 28.8 Å². The van der Waals surface area contributed by atoms with Crippen molar-refractivity contribution in [3.8, 4) is 0 Å². The first-order chi connectivity index (χ1) is 9.85. The van der Waals surface area contributed by atoms with Crippen molar-refractivity contribution in [2.24, 2.45) is 5.92 Å².